The maximum atomic E-state index is 12.7. The first-order valence-electron chi connectivity index (χ1n) is 6.52. The number of nitrogens with one attached hydrogen (secondary N) is 1. The normalized spacial score (nSPS) is 10.6. The zero-order valence-electron chi connectivity index (χ0n) is 11.7. The fraction of sp³-hybridized carbons (Fsp3) is 0.118. The lowest BCUT2D eigenvalue weighted by Crippen LogP contribution is -2.20. The number of amides is 1. The van der Waals surface area contributed by atoms with Crippen LogP contribution >= 0.6 is 0 Å². The van der Waals surface area contributed by atoms with E-state index in [0.717, 1.165) is 16.9 Å². The largest absolute Gasteiger partial charge is 0.497 e. The van der Waals surface area contributed by atoms with Crippen LogP contribution in [0.2, 0.25) is 0 Å². The molecule has 1 amide bonds. The number of rotatable bonds is 5. The van der Waals surface area contributed by atoms with Crippen LogP contribution in [0.1, 0.15) is 11.1 Å². The Labute approximate surface area is 123 Å². The van der Waals surface area contributed by atoms with Crippen molar-refractivity contribution >= 4 is 12.0 Å². The van der Waals surface area contributed by atoms with E-state index in [1.165, 1.54) is 18.2 Å². The molecule has 0 saturated heterocycles. The Morgan fingerprint density at radius 2 is 2.00 bits per heavy atom. The summed E-state index contributed by atoms with van der Waals surface area (Å²) in [5, 5.41) is 2.74. The van der Waals surface area contributed by atoms with Crippen LogP contribution in [-0.4, -0.2) is 13.0 Å². The highest BCUT2D eigenvalue weighted by Gasteiger charge is 1.98. The number of benzene rings is 2. The molecule has 0 unspecified atom stereocenters. The highest BCUT2D eigenvalue weighted by Crippen LogP contribution is 2.13. The van der Waals surface area contributed by atoms with Gasteiger partial charge in [0, 0.05) is 12.6 Å². The number of methoxy groups -OCH3 is 1. The first kappa shape index (κ1) is 14.8. The summed E-state index contributed by atoms with van der Waals surface area (Å²) in [4.78, 5) is 11.7. The molecular weight excluding hydrogens is 269 g/mol. The monoisotopic (exact) mass is 285 g/mol. The van der Waals surface area contributed by atoms with Gasteiger partial charge in [-0.05, 0) is 41.5 Å². The number of carbonyl (C=O) groups is 1. The van der Waals surface area contributed by atoms with E-state index in [2.05, 4.69) is 5.32 Å². The van der Waals surface area contributed by atoms with Crippen LogP contribution < -0.4 is 10.1 Å². The summed E-state index contributed by atoms with van der Waals surface area (Å²) in [6.45, 7) is 0.363. The van der Waals surface area contributed by atoms with Crippen LogP contribution in [0, 0.1) is 5.82 Å². The summed E-state index contributed by atoms with van der Waals surface area (Å²) in [6.07, 6.45) is 3.17. The van der Waals surface area contributed by atoms with Gasteiger partial charge in [-0.25, -0.2) is 4.39 Å². The Hall–Kier alpha value is -2.62. The molecule has 2 aromatic rings. The van der Waals surface area contributed by atoms with Crippen molar-refractivity contribution in [2.24, 2.45) is 0 Å². The molecule has 0 heterocycles. The maximum absolute atomic E-state index is 12.7. The predicted octanol–water partition coefficient (Wildman–Crippen LogP) is 3.16. The molecule has 0 aliphatic heterocycles. The van der Waals surface area contributed by atoms with E-state index in [1.54, 1.807) is 25.3 Å². The molecular formula is C17H16FNO2. The second kappa shape index (κ2) is 7.24. The van der Waals surface area contributed by atoms with Gasteiger partial charge in [-0.3, -0.25) is 4.79 Å². The molecule has 0 spiro atoms. The Kier molecular flexibility index (Phi) is 5.10. The van der Waals surface area contributed by atoms with Gasteiger partial charge in [0.1, 0.15) is 11.6 Å². The molecule has 3 nitrogen and oxygen atoms in total. The van der Waals surface area contributed by atoms with Crippen LogP contribution in [0.3, 0.4) is 0 Å². The number of halogens is 1. The molecule has 0 bridgehead atoms. The second-order valence-corrected chi connectivity index (χ2v) is 4.45. The highest BCUT2D eigenvalue weighted by atomic mass is 19.1. The zero-order valence-corrected chi connectivity index (χ0v) is 11.7. The van der Waals surface area contributed by atoms with Crippen LogP contribution in [-0.2, 0) is 11.3 Å². The van der Waals surface area contributed by atoms with Gasteiger partial charge in [-0.1, -0.05) is 24.3 Å². The maximum Gasteiger partial charge on any atom is 0.244 e. The van der Waals surface area contributed by atoms with Gasteiger partial charge in [-0.2, -0.15) is 0 Å². The molecule has 0 aromatic heterocycles. The number of ether oxygens (including phenoxy) is 1. The molecule has 21 heavy (non-hydrogen) atoms. The Morgan fingerprint density at radius 3 is 2.71 bits per heavy atom. The predicted molar refractivity (Wildman–Crippen MR) is 80.3 cm³/mol. The molecule has 0 fully saturated rings. The third-order valence-corrected chi connectivity index (χ3v) is 2.90. The van der Waals surface area contributed by atoms with E-state index >= 15 is 0 Å². The van der Waals surface area contributed by atoms with Gasteiger partial charge in [0.2, 0.25) is 5.91 Å². The SMILES string of the molecule is COc1cccc(/C=C/C(=O)NCc2ccc(F)cc2)c1. The van der Waals surface area contributed by atoms with Crippen molar-refractivity contribution in [3.8, 4) is 5.75 Å². The Morgan fingerprint density at radius 1 is 1.24 bits per heavy atom. The van der Waals surface area contributed by atoms with Crippen molar-refractivity contribution in [1.82, 2.24) is 5.32 Å². The molecule has 0 atom stereocenters. The van der Waals surface area contributed by atoms with Gasteiger partial charge < -0.3 is 10.1 Å². The molecule has 0 aliphatic carbocycles. The number of carbonyl (C=O) groups excluding carboxylic acids is 1. The number of hydrogen-bond acceptors (Lipinski definition) is 2. The van der Waals surface area contributed by atoms with E-state index < -0.39 is 0 Å². The zero-order chi connectivity index (χ0) is 15.1. The second-order valence-electron chi connectivity index (χ2n) is 4.45. The van der Waals surface area contributed by atoms with E-state index in [1.807, 2.05) is 24.3 Å². The highest BCUT2D eigenvalue weighted by molar-refractivity contribution is 5.91. The number of hydrogen-bond donors (Lipinski definition) is 1. The van der Waals surface area contributed by atoms with Gasteiger partial charge in [0.05, 0.1) is 7.11 Å². The summed E-state index contributed by atoms with van der Waals surface area (Å²) in [5.74, 6) is 0.244. The summed E-state index contributed by atoms with van der Waals surface area (Å²) in [5.41, 5.74) is 1.73. The quantitative estimate of drug-likeness (QED) is 0.857. The first-order chi connectivity index (χ1) is 10.2. The van der Waals surface area contributed by atoms with Gasteiger partial charge in [-0.15, -0.1) is 0 Å². The lowest BCUT2D eigenvalue weighted by atomic mass is 10.2. The fourth-order valence-corrected chi connectivity index (χ4v) is 1.77. The summed E-state index contributed by atoms with van der Waals surface area (Å²) in [7, 11) is 1.60. The van der Waals surface area contributed by atoms with E-state index in [9.17, 15) is 9.18 Å². The molecule has 2 aromatic carbocycles. The fourth-order valence-electron chi connectivity index (χ4n) is 1.77. The average molecular weight is 285 g/mol. The van der Waals surface area contributed by atoms with Crippen LogP contribution in [0.4, 0.5) is 4.39 Å². The van der Waals surface area contributed by atoms with Crippen molar-refractivity contribution < 1.29 is 13.9 Å². The van der Waals surface area contributed by atoms with Crippen molar-refractivity contribution in [3.05, 3.63) is 71.6 Å². The molecule has 108 valence electrons. The third-order valence-electron chi connectivity index (χ3n) is 2.90. The van der Waals surface area contributed by atoms with Crippen LogP contribution in [0.5, 0.6) is 5.75 Å². The molecule has 4 heteroatoms. The van der Waals surface area contributed by atoms with E-state index in [4.69, 9.17) is 4.74 Å². The van der Waals surface area contributed by atoms with Crippen LogP contribution in [0.25, 0.3) is 6.08 Å². The smallest absolute Gasteiger partial charge is 0.244 e. The first-order valence-corrected chi connectivity index (χ1v) is 6.52. The van der Waals surface area contributed by atoms with Crippen molar-refractivity contribution in [1.29, 1.82) is 0 Å². The van der Waals surface area contributed by atoms with Gasteiger partial charge >= 0.3 is 0 Å². The molecule has 2 rings (SSSR count). The summed E-state index contributed by atoms with van der Waals surface area (Å²) >= 11 is 0. The van der Waals surface area contributed by atoms with E-state index in [-0.39, 0.29) is 11.7 Å². The summed E-state index contributed by atoms with van der Waals surface area (Å²) in [6, 6.07) is 13.4. The third kappa shape index (κ3) is 4.76. The van der Waals surface area contributed by atoms with Gasteiger partial charge in [0.15, 0.2) is 0 Å². The Bertz CT molecular complexity index is 635. The lowest BCUT2D eigenvalue weighted by molar-refractivity contribution is -0.116. The summed E-state index contributed by atoms with van der Waals surface area (Å²) < 4.78 is 17.9. The molecule has 1 N–H and O–H groups in total. The average Bonchev–Trinajstić information content (AvgIpc) is 2.52. The van der Waals surface area contributed by atoms with E-state index in [0.29, 0.717) is 6.54 Å². The lowest BCUT2D eigenvalue weighted by Gasteiger charge is -2.03. The van der Waals surface area contributed by atoms with Crippen molar-refractivity contribution in [3.63, 3.8) is 0 Å². The minimum Gasteiger partial charge on any atom is -0.497 e. The molecule has 0 saturated carbocycles. The molecule has 0 radical (unpaired) electrons. The minimum atomic E-state index is -0.289. The standard InChI is InChI=1S/C17H16FNO2/c1-21-16-4-2-3-13(11-16)7-10-17(20)19-12-14-5-8-15(18)9-6-14/h2-11H,12H2,1H3,(H,19,20)/b10-7+. The molecule has 0 aliphatic rings. The van der Waals surface area contributed by atoms with Crippen molar-refractivity contribution in [2.75, 3.05) is 7.11 Å². The Balaban J connectivity index is 1.88. The van der Waals surface area contributed by atoms with Crippen LogP contribution in [0.15, 0.2) is 54.6 Å². The topological polar surface area (TPSA) is 38.3 Å². The van der Waals surface area contributed by atoms with Crippen molar-refractivity contribution in [2.45, 2.75) is 6.54 Å². The minimum absolute atomic E-state index is 0.206. The van der Waals surface area contributed by atoms with Gasteiger partial charge in [0.25, 0.3) is 0 Å².